The van der Waals surface area contributed by atoms with Gasteiger partial charge < -0.3 is 10.1 Å². The van der Waals surface area contributed by atoms with Gasteiger partial charge in [0.15, 0.2) is 6.10 Å². The van der Waals surface area contributed by atoms with E-state index in [9.17, 15) is 18.0 Å². The van der Waals surface area contributed by atoms with Gasteiger partial charge in [0.25, 0.3) is 0 Å². The van der Waals surface area contributed by atoms with Gasteiger partial charge in [0.1, 0.15) is 11.3 Å². The van der Waals surface area contributed by atoms with Crippen LogP contribution in [0.3, 0.4) is 0 Å². The Labute approximate surface area is 170 Å². The SMILES string of the molecule is CC(Oc1ccc(SC2CC[C@H](C(=O)NC3(C#N)CC3)C2)c(Cl)c1)C(F)(F)F. The largest absolute Gasteiger partial charge is 0.481 e. The number of alkyl halides is 3. The highest BCUT2D eigenvalue weighted by Crippen LogP contribution is 2.42. The van der Waals surface area contributed by atoms with Gasteiger partial charge in [-0.05, 0) is 57.2 Å². The number of carbonyl (C=O) groups is 1. The van der Waals surface area contributed by atoms with Crippen molar-refractivity contribution in [2.75, 3.05) is 0 Å². The van der Waals surface area contributed by atoms with E-state index in [4.69, 9.17) is 21.6 Å². The molecule has 4 nitrogen and oxygen atoms in total. The van der Waals surface area contributed by atoms with Gasteiger partial charge in [-0.2, -0.15) is 18.4 Å². The number of ether oxygens (including phenoxy) is 1. The van der Waals surface area contributed by atoms with Crippen LogP contribution in [0.2, 0.25) is 5.02 Å². The fourth-order valence-corrected chi connectivity index (χ4v) is 4.68. The standard InChI is InChI=1S/C19H20ClF3N2O2S/c1-11(19(21,22)23)27-13-3-5-16(15(20)9-13)28-14-4-2-12(8-14)17(26)25-18(10-24)6-7-18/h3,5,9,11-12,14H,2,4,6-8H2,1H3,(H,25,26)/t11?,12-,14?/m0/s1. The van der Waals surface area contributed by atoms with Crippen LogP contribution in [0.5, 0.6) is 5.75 Å². The molecule has 9 heteroatoms. The number of amides is 1. The third-order valence-electron chi connectivity index (χ3n) is 5.05. The van der Waals surface area contributed by atoms with E-state index in [0.717, 1.165) is 24.7 Å². The van der Waals surface area contributed by atoms with Crippen LogP contribution >= 0.6 is 23.4 Å². The number of carbonyl (C=O) groups excluding carboxylic acids is 1. The summed E-state index contributed by atoms with van der Waals surface area (Å²) in [6, 6.07) is 6.66. The van der Waals surface area contributed by atoms with E-state index in [0.29, 0.717) is 24.3 Å². The van der Waals surface area contributed by atoms with Crippen molar-refractivity contribution in [3.8, 4) is 11.8 Å². The molecule has 28 heavy (non-hydrogen) atoms. The first kappa shape index (κ1) is 21.1. The van der Waals surface area contributed by atoms with Crippen LogP contribution in [0.1, 0.15) is 39.0 Å². The van der Waals surface area contributed by atoms with Gasteiger partial charge in [0, 0.05) is 16.1 Å². The number of nitriles is 1. The van der Waals surface area contributed by atoms with Gasteiger partial charge in [-0.15, -0.1) is 11.8 Å². The fourth-order valence-electron chi connectivity index (χ4n) is 3.11. The summed E-state index contributed by atoms with van der Waals surface area (Å²) >= 11 is 7.74. The predicted molar refractivity (Wildman–Crippen MR) is 100 cm³/mol. The molecule has 2 aliphatic rings. The number of thioether (sulfide) groups is 1. The second-order valence-corrected chi connectivity index (χ2v) is 9.08. The number of nitrogens with one attached hydrogen (secondary N) is 1. The molecule has 0 bridgehead atoms. The Balaban J connectivity index is 1.54. The molecule has 1 aromatic rings. The van der Waals surface area contributed by atoms with E-state index >= 15 is 0 Å². The zero-order valence-electron chi connectivity index (χ0n) is 15.2. The van der Waals surface area contributed by atoms with E-state index in [2.05, 4.69) is 11.4 Å². The van der Waals surface area contributed by atoms with Gasteiger partial charge in [0.2, 0.25) is 5.91 Å². The molecular formula is C19H20ClF3N2O2S. The third-order valence-corrected chi connectivity index (χ3v) is 6.85. The first-order valence-electron chi connectivity index (χ1n) is 9.05. The summed E-state index contributed by atoms with van der Waals surface area (Å²) in [7, 11) is 0. The monoisotopic (exact) mass is 432 g/mol. The van der Waals surface area contributed by atoms with Crippen molar-refractivity contribution in [3.05, 3.63) is 23.2 Å². The Morgan fingerprint density at radius 1 is 1.43 bits per heavy atom. The van der Waals surface area contributed by atoms with Crippen molar-refractivity contribution in [3.63, 3.8) is 0 Å². The molecule has 0 aromatic heterocycles. The molecule has 1 amide bonds. The van der Waals surface area contributed by atoms with Crippen LogP contribution in [0.15, 0.2) is 23.1 Å². The summed E-state index contributed by atoms with van der Waals surface area (Å²) < 4.78 is 42.7. The molecule has 2 unspecified atom stereocenters. The van der Waals surface area contributed by atoms with Crippen LogP contribution < -0.4 is 10.1 Å². The maximum atomic E-state index is 12.6. The normalized spacial score (nSPS) is 24.3. The number of rotatable bonds is 6. The summed E-state index contributed by atoms with van der Waals surface area (Å²) in [6.07, 6.45) is -2.69. The lowest BCUT2D eigenvalue weighted by molar-refractivity contribution is -0.189. The molecule has 0 radical (unpaired) electrons. The Kier molecular flexibility index (Phi) is 6.06. The number of nitrogens with zero attached hydrogens (tertiary/aromatic N) is 1. The molecule has 1 aromatic carbocycles. The highest BCUT2D eigenvalue weighted by molar-refractivity contribution is 8.00. The lowest BCUT2D eigenvalue weighted by Gasteiger charge is -2.18. The average molecular weight is 433 g/mol. The van der Waals surface area contributed by atoms with Crippen LogP contribution in [0.25, 0.3) is 0 Å². The fraction of sp³-hybridized carbons (Fsp3) is 0.579. The summed E-state index contributed by atoms with van der Waals surface area (Å²) in [6.45, 7) is 0.943. The Bertz CT molecular complexity index is 792. The van der Waals surface area contributed by atoms with Crippen LogP contribution in [-0.4, -0.2) is 29.0 Å². The van der Waals surface area contributed by atoms with E-state index in [1.165, 1.54) is 23.9 Å². The lowest BCUT2D eigenvalue weighted by Crippen LogP contribution is -2.39. The third kappa shape index (κ3) is 5.06. The van der Waals surface area contributed by atoms with Crippen molar-refractivity contribution in [2.45, 2.75) is 67.0 Å². The van der Waals surface area contributed by atoms with E-state index < -0.39 is 17.8 Å². The zero-order valence-corrected chi connectivity index (χ0v) is 16.8. The highest BCUT2D eigenvalue weighted by Gasteiger charge is 2.46. The number of halogens is 4. The predicted octanol–water partition coefficient (Wildman–Crippen LogP) is 5.10. The van der Waals surface area contributed by atoms with Crippen LogP contribution in [0, 0.1) is 17.2 Å². The first-order valence-corrected chi connectivity index (χ1v) is 10.3. The summed E-state index contributed by atoms with van der Waals surface area (Å²) in [5.41, 5.74) is -0.658. The smallest absolute Gasteiger partial charge is 0.425 e. The van der Waals surface area contributed by atoms with E-state index in [-0.39, 0.29) is 22.8 Å². The second-order valence-electron chi connectivity index (χ2n) is 7.33. The number of benzene rings is 1. The van der Waals surface area contributed by atoms with Crippen molar-refractivity contribution >= 4 is 29.3 Å². The minimum absolute atomic E-state index is 0.0640. The minimum Gasteiger partial charge on any atom is -0.481 e. The zero-order chi connectivity index (χ0) is 20.5. The van der Waals surface area contributed by atoms with Gasteiger partial charge in [-0.3, -0.25) is 4.79 Å². The Morgan fingerprint density at radius 2 is 2.14 bits per heavy atom. The molecule has 3 rings (SSSR count). The molecule has 0 heterocycles. The molecular weight excluding hydrogens is 413 g/mol. The van der Waals surface area contributed by atoms with Crippen molar-refractivity contribution in [2.24, 2.45) is 5.92 Å². The lowest BCUT2D eigenvalue weighted by atomic mass is 10.1. The molecule has 152 valence electrons. The van der Waals surface area contributed by atoms with E-state index in [1.54, 1.807) is 6.07 Å². The summed E-state index contributed by atoms with van der Waals surface area (Å²) in [4.78, 5) is 13.1. The second kappa shape index (κ2) is 8.03. The van der Waals surface area contributed by atoms with Gasteiger partial charge in [0.05, 0.1) is 11.1 Å². The molecule has 2 saturated carbocycles. The van der Waals surface area contributed by atoms with Crippen molar-refractivity contribution in [1.82, 2.24) is 5.32 Å². The molecule has 3 atom stereocenters. The molecule has 0 saturated heterocycles. The van der Waals surface area contributed by atoms with Gasteiger partial charge >= 0.3 is 6.18 Å². The highest BCUT2D eigenvalue weighted by atomic mass is 35.5. The molecule has 2 aliphatic carbocycles. The molecule has 0 aliphatic heterocycles. The first-order chi connectivity index (χ1) is 13.1. The van der Waals surface area contributed by atoms with Gasteiger partial charge in [-0.25, -0.2) is 0 Å². The summed E-state index contributed by atoms with van der Waals surface area (Å²) in [5, 5.41) is 12.5. The quantitative estimate of drug-likeness (QED) is 0.679. The van der Waals surface area contributed by atoms with Gasteiger partial charge in [-0.1, -0.05) is 11.6 Å². The molecule has 0 spiro atoms. The molecule has 1 N–H and O–H groups in total. The minimum atomic E-state index is -4.44. The maximum Gasteiger partial charge on any atom is 0.425 e. The molecule has 2 fully saturated rings. The average Bonchev–Trinajstić information content (AvgIpc) is 3.23. The number of hydrogen-bond donors (Lipinski definition) is 1. The Hall–Kier alpha value is -1.59. The Morgan fingerprint density at radius 3 is 2.71 bits per heavy atom. The number of hydrogen-bond acceptors (Lipinski definition) is 4. The van der Waals surface area contributed by atoms with Crippen molar-refractivity contribution in [1.29, 1.82) is 5.26 Å². The summed E-state index contributed by atoms with van der Waals surface area (Å²) in [5.74, 6) is -0.135. The van der Waals surface area contributed by atoms with Crippen LogP contribution in [0.4, 0.5) is 13.2 Å². The van der Waals surface area contributed by atoms with Crippen molar-refractivity contribution < 1.29 is 22.7 Å². The maximum absolute atomic E-state index is 12.6. The topological polar surface area (TPSA) is 62.1 Å². The van der Waals surface area contributed by atoms with E-state index in [1.807, 2.05) is 0 Å². The van der Waals surface area contributed by atoms with Crippen LogP contribution in [-0.2, 0) is 4.79 Å².